The molecule has 30 heavy (non-hydrogen) atoms. The van der Waals surface area contributed by atoms with Crippen molar-refractivity contribution >= 4 is 16.6 Å². The van der Waals surface area contributed by atoms with Crippen molar-refractivity contribution in [2.24, 2.45) is 0 Å². The Bertz CT molecular complexity index is 1330. The zero-order valence-electron chi connectivity index (χ0n) is 16.7. The fourth-order valence-electron chi connectivity index (χ4n) is 4.25. The van der Waals surface area contributed by atoms with Crippen molar-refractivity contribution in [3.63, 3.8) is 0 Å². The lowest BCUT2D eigenvalue weighted by Gasteiger charge is -2.16. The molecular formula is C23H19N3O4. The van der Waals surface area contributed by atoms with E-state index in [1.165, 1.54) is 0 Å². The van der Waals surface area contributed by atoms with Gasteiger partial charge in [0, 0.05) is 28.4 Å². The molecule has 0 unspecified atom stereocenters. The molecule has 0 N–H and O–H groups in total. The van der Waals surface area contributed by atoms with Gasteiger partial charge in [-0.25, -0.2) is 0 Å². The first-order valence-electron chi connectivity index (χ1n) is 9.73. The first-order valence-corrected chi connectivity index (χ1v) is 9.73. The quantitative estimate of drug-likeness (QED) is 0.523. The van der Waals surface area contributed by atoms with E-state index < -0.39 is 0 Å². The molecule has 0 saturated heterocycles. The summed E-state index contributed by atoms with van der Waals surface area (Å²) in [5.74, 6) is 0.962. The van der Waals surface area contributed by atoms with Gasteiger partial charge in [-0.15, -0.1) is 0 Å². The van der Waals surface area contributed by atoms with Crippen LogP contribution in [0.2, 0.25) is 0 Å². The van der Waals surface area contributed by atoms with Gasteiger partial charge in [0.05, 0.1) is 22.9 Å². The molecule has 7 nitrogen and oxygen atoms in total. The number of ether oxygens (including phenoxy) is 2. The molecule has 1 aromatic heterocycles. The maximum absolute atomic E-state index is 13.5. The molecule has 2 aromatic carbocycles. The molecule has 2 aliphatic rings. The molecule has 0 bridgehead atoms. The van der Waals surface area contributed by atoms with Crippen LogP contribution in [0.25, 0.3) is 22.0 Å². The maximum atomic E-state index is 13.5. The highest BCUT2D eigenvalue weighted by atomic mass is 16.7. The number of pyridine rings is 1. The summed E-state index contributed by atoms with van der Waals surface area (Å²) in [6, 6.07) is 10.5. The van der Waals surface area contributed by atoms with Gasteiger partial charge in [0.1, 0.15) is 0 Å². The summed E-state index contributed by atoms with van der Waals surface area (Å²) in [5.41, 5.74) is 2.51. The van der Waals surface area contributed by atoms with Crippen LogP contribution in [-0.2, 0) is 6.54 Å². The molecule has 2 heterocycles. The van der Waals surface area contributed by atoms with E-state index in [9.17, 15) is 14.9 Å². The Labute approximate surface area is 172 Å². The Kier molecular flexibility index (Phi) is 4.12. The third-order valence-corrected chi connectivity index (χ3v) is 5.63. The molecule has 0 amide bonds. The predicted molar refractivity (Wildman–Crippen MR) is 111 cm³/mol. The number of aromatic nitrogens is 1. The number of carbonyl (C=O) groups excluding carboxylic acids is 1. The van der Waals surface area contributed by atoms with E-state index in [1.54, 1.807) is 34.9 Å². The van der Waals surface area contributed by atoms with Crippen LogP contribution in [0.3, 0.4) is 0 Å². The fraction of sp³-hybridized carbons (Fsp3) is 0.261. The molecule has 3 aromatic rings. The molecular weight excluding hydrogens is 382 g/mol. The second-order valence-corrected chi connectivity index (χ2v) is 7.79. The highest BCUT2D eigenvalue weighted by molar-refractivity contribution is 6.27. The second-order valence-electron chi connectivity index (χ2n) is 7.79. The van der Waals surface area contributed by atoms with Gasteiger partial charge in [0.15, 0.2) is 17.3 Å². The Balaban J connectivity index is 1.81. The highest BCUT2D eigenvalue weighted by Crippen LogP contribution is 2.45. The number of rotatable bonds is 4. The van der Waals surface area contributed by atoms with Crippen LogP contribution in [0.4, 0.5) is 0 Å². The van der Waals surface area contributed by atoms with E-state index in [1.807, 2.05) is 14.1 Å². The van der Waals surface area contributed by atoms with Gasteiger partial charge >= 0.3 is 0 Å². The Morgan fingerprint density at radius 1 is 1.07 bits per heavy atom. The predicted octanol–water partition coefficient (Wildman–Crippen LogP) is 2.76. The molecule has 0 spiro atoms. The standard InChI is InChI=1S/C23H19N3O4/c1-25(2)6-3-7-26-21-15-9-18-19(30-12-29-18)10-16(15)22(27)20(21)14-5-4-13(11-24)8-17(14)23(26)28/h4-5,8-10H,3,6-7,12H2,1-2H3. The first kappa shape index (κ1) is 18.4. The first-order chi connectivity index (χ1) is 14.5. The summed E-state index contributed by atoms with van der Waals surface area (Å²) in [7, 11) is 3.96. The average molecular weight is 401 g/mol. The zero-order valence-corrected chi connectivity index (χ0v) is 16.7. The number of hydrogen-bond acceptors (Lipinski definition) is 6. The van der Waals surface area contributed by atoms with E-state index in [0.29, 0.717) is 56.8 Å². The lowest BCUT2D eigenvalue weighted by atomic mass is 10.0. The molecule has 0 saturated carbocycles. The minimum Gasteiger partial charge on any atom is -0.454 e. The van der Waals surface area contributed by atoms with Crippen molar-refractivity contribution in [2.75, 3.05) is 27.4 Å². The van der Waals surface area contributed by atoms with Crippen molar-refractivity contribution in [3.05, 3.63) is 57.4 Å². The van der Waals surface area contributed by atoms with Crippen LogP contribution in [0, 0.1) is 11.3 Å². The van der Waals surface area contributed by atoms with E-state index in [0.717, 1.165) is 13.0 Å². The monoisotopic (exact) mass is 401 g/mol. The summed E-state index contributed by atoms with van der Waals surface area (Å²) in [6.07, 6.45) is 0.747. The molecule has 5 rings (SSSR count). The molecule has 1 aliphatic heterocycles. The number of nitriles is 1. The number of ketones is 1. The van der Waals surface area contributed by atoms with E-state index >= 15 is 0 Å². The van der Waals surface area contributed by atoms with Crippen molar-refractivity contribution in [2.45, 2.75) is 13.0 Å². The Morgan fingerprint density at radius 3 is 2.50 bits per heavy atom. The lowest BCUT2D eigenvalue weighted by Crippen LogP contribution is -2.25. The van der Waals surface area contributed by atoms with Crippen molar-refractivity contribution in [3.8, 4) is 28.8 Å². The summed E-state index contributed by atoms with van der Waals surface area (Å²) >= 11 is 0. The fourth-order valence-corrected chi connectivity index (χ4v) is 4.25. The second kappa shape index (κ2) is 6.71. The normalized spacial score (nSPS) is 13.6. The van der Waals surface area contributed by atoms with Gasteiger partial charge in [-0.1, -0.05) is 6.07 Å². The van der Waals surface area contributed by atoms with Crippen LogP contribution >= 0.6 is 0 Å². The van der Waals surface area contributed by atoms with Crippen molar-refractivity contribution in [1.29, 1.82) is 5.26 Å². The summed E-state index contributed by atoms with van der Waals surface area (Å²) in [5, 5.41) is 10.2. The SMILES string of the molecule is CN(C)CCCn1c2c(c3ccc(C#N)cc3c1=O)C(=O)c1cc3c(cc1-2)OCO3. The minimum atomic E-state index is -0.196. The van der Waals surface area contributed by atoms with E-state index in [-0.39, 0.29) is 18.1 Å². The molecule has 0 fully saturated rings. The molecule has 150 valence electrons. The van der Waals surface area contributed by atoms with Crippen LogP contribution in [0.5, 0.6) is 11.5 Å². The number of carbonyl (C=O) groups is 1. The summed E-state index contributed by atoms with van der Waals surface area (Å²) < 4.78 is 12.6. The van der Waals surface area contributed by atoms with E-state index in [2.05, 4.69) is 11.0 Å². The zero-order chi connectivity index (χ0) is 21.0. The topological polar surface area (TPSA) is 84.6 Å². The Morgan fingerprint density at radius 2 is 1.80 bits per heavy atom. The van der Waals surface area contributed by atoms with Gasteiger partial charge in [-0.3, -0.25) is 9.59 Å². The highest BCUT2D eigenvalue weighted by Gasteiger charge is 2.35. The molecule has 1 aliphatic carbocycles. The lowest BCUT2D eigenvalue weighted by molar-refractivity contribution is 0.104. The largest absolute Gasteiger partial charge is 0.454 e. The van der Waals surface area contributed by atoms with Crippen LogP contribution < -0.4 is 15.0 Å². The smallest absolute Gasteiger partial charge is 0.258 e. The third-order valence-electron chi connectivity index (χ3n) is 5.63. The van der Waals surface area contributed by atoms with Crippen molar-refractivity contribution in [1.82, 2.24) is 9.47 Å². The minimum absolute atomic E-state index is 0.115. The number of hydrogen-bond donors (Lipinski definition) is 0. The Hall–Kier alpha value is -3.63. The van der Waals surface area contributed by atoms with Gasteiger partial charge in [0.25, 0.3) is 5.56 Å². The summed E-state index contributed by atoms with van der Waals surface area (Å²) in [6.45, 7) is 1.39. The van der Waals surface area contributed by atoms with Crippen LogP contribution in [0.1, 0.15) is 27.9 Å². The third kappa shape index (κ3) is 2.61. The molecule has 7 heteroatoms. The maximum Gasteiger partial charge on any atom is 0.258 e. The number of fused-ring (bicyclic) bond motifs is 6. The van der Waals surface area contributed by atoms with Crippen molar-refractivity contribution < 1.29 is 14.3 Å². The van der Waals surface area contributed by atoms with Crippen LogP contribution in [-0.4, -0.2) is 42.7 Å². The number of nitrogens with zero attached hydrogens (tertiary/aromatic N) is 3. The van der Waals surface area contributed by atoms with Gasteiger partial charge in [-0.05, 0) is 51.3 Å². The van der Waals surface area contributed by atoms with E-state index in [4.69, 9.17) is 9.47 Å². The average Bonchev–Trinajstić information content (AvgIpc) is 3.31. The number of benzene rings is 2. The molecule has 0 atom stereocenters. The summed E-state index contributed by atoms with van der Waals surface area (Å²) in [4.78, 5) is 28.9. The molecule has 0 radical (unpaired) electrons. The van der Waals surface area contributed by atoms with Gasteiger partial charge in [-0.2, -0.15) is 5.26 Å². The van der Waals surface area contributed by atoms with Gasteiger partial charge in [0.2, 0.25) is 6.79 Å². The van der Waals surface area contributed by atoms with Gasteiger partial charge < -0.3 is 18.9 Å². The van der Waals surface area contributed by atoms with Crippen LogP contribution in [0.15, 0.2) is 35.1 Å².